The number of para-hydroxylation sites is 3. The van der Waals surface area contributed by atoms with E-state index in [0.717, 1.165) is 49.6 Å². The first-order valence-corrected chi connectivity index (χ1v) is 15.4. The van der Waals surface area contributed by atoms with Gasteiger partial charge in [0.05, 0.1) is 43.5 Å². The molecule has 43 heavy (non-hydrogen) atoms. The van der Waals surface area contributed by atoms with Gasteiger partial charge in [0.2, 0.25) is 9.84 Å². The summed E-state index contributed by atoms with van der Waals surface area (Å²) in [6, 6.07) is 46.7. The molecule has 8 rings (SSSR count). The number of hydrogen-bond donors (Lipinski definition) is 0. The summed E-state index contributed by atoms with van der Waals surface area (Å²) < 4.78 is 31.4. The quantitative estimate of drug-likeness (QED) is 0.212. The second-order valence-corrected chi connectivity index (χ2v) is 12.5. The molecule has 0 bridgehead atoms. The van der Waals surface area contributed by atoms with Crippen LogP contribution in [-0.2, 0) is 9.84 Å². The Labute approximate surface area is 248 Å². The number of hydrogen-bond acceptors (Lipinski definition) is 3. The first-order chi connectivity index (χ1) is 21.1. The summed E-state index contributed by atoms with van der Waals surface area (Å²) in [5.41, 5.74) is 6.66. The van der Waals surface area contributed by atoms with Crippen LogP contribution in [0.1, 0.15) is 5.56 Å². The van der Waals surface area contributed by atoms with Gasteiger partial charge in [0.15, 0.2) is 0 Å². The second kappa shape index (κ2) is 9.45. The Morgan fingerprint density at radius 3 is 1.42 bits per heavy atom. The highest BCUT2D eigenvalue weighted by Crippen LogP contribution is 2.41. The molecule has 204 valence electrons. The minimum atomic E-state index is -3.75. The van der Waals surface area contributed by atoms with Crippen molar-refractivity contribution in [2.45, 2.75) is 9.79 Å². The standard InChI is InChI=1S/C37H23N3O2S/c38-24-25-14-18-28(19-15-25)43(41,42)29-20-16-27(17-21-29)40-35-13-7-5-11-31(35)33-23-22-32-30-10-4-6-12-34(30)39(36(32)37(33)40)26-8-2-1-3-9-26/h1-23H. The Morgan fingerprint density at radius 1 is 0.465 bits per heavy atom. The van der Waals surface area contributed by atoms with Crippen LogP contribution in [0.25, 0.3) is 55.0 Å². The Hall–Kier alpha value is -5.64. The molecule has 0 saturated heterocycles. The van der Waals surface area contributed by atoms with E-state index in [0.29, 0.717) is 5.56 Å². The van der Waals surface area contributed by atoms with E-state index < -0.39 is 9.84 Å². The van der Waals surface area contributed by atoms with Crippen molar-refractivity contribution in [2.24, 2.45) is 0 Å². The zero-order chi connectivity index (χ0) is 29.1. The molecule has 8 aromatic rings. The van der Waals surface area contributed by atoms with Gasteiger partial charge in [-0.2, -0.15) is 5.26 Å². The average Bonchev–Trinajstić information content (AvgIpc) is 3.58. The van der Waals surface area contributed by atoms with Crippen LogP contribution >= 0.6 is 0 Å². The molecule has 0 aliphatic rings. The highest BCUT2D eigenvalue weighted by Gasteiger charge is 2.22. The zero-order valence-corrected chi connectivity index (χ0v) is 23.7. The minimum Gasteiger partial charge on any atom is -0.307 e. The van der Waals surface area contributed by atoms with E-state index in [9.17, 15) is 8.42 Å². The predicted molar refractivity (Wildman–Crippen MR) is 172 cm³/mol. The Bertz CT molecular complexity index is 2500. The van der Waals surface area contributed by atoms with Gasteiger partial charge in [-0.25, -0.2) is 8.42 Å². The molecular weight excluding hydrogens is 550 g/mol. The molecule has 0 radical (unpaired) electrons. The number of aromatic nitrogens is 2. The van der Waals surface area contributed by atoms with E-state index in [1.807, 2.05) is 30.3 Å². The molecule has 0 fully saturated rings. The van der Waals surface area contributed by atoms with Gasteiger partial charge < -0.3 is 9.13 Å². The molecule has 0 unspecified atom stereocenters. The largest absolute Gasteiger partial charge is 0.307 e. The van der Waals surface area contributed by atoms with Gasteiger partial charge in [-0.3, -0.25) is 0 Å². The number of fused-ring (bicyclic) bond motifs is 7. The van der Waals surface area contributed by atoms with Crippen molar-refractivity contribution in [3.63, 3.8) is 0 Å². The number of nitrogens with zero attached hydrogens (tertiary/aromatic N) is 3. The summed E-state index contributed by atoms with van der Waals surface area (Å²) in [6.07, 6.45) is 0. The van der Waals surface area contributed by atoms with Crippen LogP contribution in [0.4, 0.5) is 0 Å². The summed E-state index contributed by atoms with van der Waals surface area (Å²) in [7, 11) is -3.75. The third kappa shape index (κ3) is 3.72. The number of rotatable bonds is 4. The second-order valence-electron chi connectivity index (χ2n) is 10.5. The van der Waals surface area contributed by atoms with E-state index in [-0.39, 0.29) is 9.79 Å². The van der Waals surface area contributed by atoms with Gasteiger partial charge in [0.25, 0.3) is 0 Å². The van der Waals surface area contributed by atoms with Crippen molar-refractivity contribution in [2.75, 3.05) is 0 Å². The van der Waals surface area contributed by atoms with Gasteiger partial charge in [-0.05, 0) is 72.8 Å². The third-order valence-corrected chi connectivity index (χ3v) is 9.97. The summed E-state index contributed by atoms with van der Waals surface area (Å²) >= 11 is 0. The van der Waals surface area contributed by atoms with Crippen molar-refractivity contribution in [1.29, 1.82) is 5.26 Å². The van der Waals surface area contributed by atoms with Gasteiger partial charge >= 0.3 is 0 Å². The monoisotopic (exact) mass is 573 g/mol. The molecule has 0 amide bonds. The van der Waals surface area contributed by atoms with Crippen LogP contribution in [0.2, 0.25) is 0 Å². The van der Waals surface area contributed by atoms with Crippen molar-refractivity contribution in [1.82, 2.24) is 9.13 Å². The Kier molecular flexibility index (Phi) is 5.52. The fourth-order valence-electron chi connectivity index (χ4n) is 6.23. The van der Waals surface area contributed by atoms with Crippen LogP contribution in [0, 0.1) is 11.3 Å². The van der Waals surface area contributed by atoms with Gasteiger partial charge in [-0.1, -0.05) is 66.7 Å². The number of benzene rings is 6. The molecule has 2 heterocycles. The van der Waals surface area contributed by atoms with Gasteiger partial charge in [0, 0.05) is 32.9 Å². The number of sulfone groups is 1. The van der Waals surface area contributed by atoms with Crippen LogP contribution in [-0.4, -0.2) is 17.6 Å². The molecule has 0 aliphatic heterocycles. The maximum Gasteiger partial charge on any atom is 0.206 e. The van der Waals surface area contributed by atoms with Gasteiger partial charge in [0.1, 0.15) is 0 Å². The molecular formula is C37H23N3O2S. The predicted octanol–water partition coefficient (Wildman–Crippen LogP) is 8.59. The third-order valence-electron chi connectivity index (χ3n) is 8.18. The maximum atomic E-state index is 13.4. The van der Waals surface area contributed by atoms with Crippen molar-refractivity contribution in [3.05, 3.63) is 145 Å². The van der Waals surface area contributed by atoms with Crippen LogP contribution in [0.5, 0.6) is 0 Å². The lowest BCUT2D eigenvalue weighted by Crippen LogP contribution is -2.03. The van der Waals surface area contributed by atoms with Crippen LogP contribution in [0.15, 0.2) is 149 Å². The Morgan fingerprint density at radius 2 is 0.907 bits per heavy atom. The first-order valence-electron chi connectivity index (χ1n) is 13.9. The smallest absolute Gasteiger partial charge is 0.206 e. The normalized spacial score (nSPS) is 11.9. The van der Waals surface area contributed by atoms with E-state index in [4.69, 9.17) is 5.26 Å². The summed E-state index contributed by atoms with van der Waals surface area (Å²) in [5.74, 6) is 0. The molecule has 0 saturated carbocycles. The lowest BCUT2D eigenvalue weighted by molar-refractivity contribution is 0.596. The Balaban J connectivity index is 1.42. The van der Waals surface area contributed by atoms with E-state index >= 15 is 0 Å². The lowest BCUT2D eigenvalue weighted by Gasteiger charge is -2.13. The summed E-state index contributed by atoms with van der Waals surface area (Å²) in [5, 5.41) is 13.7. The fraction of sp³-hybridized carbons (Fsp3) is 0. The molecule has 0 spiro atoms. The van der Waals surface area contributed by atoms with E-state index in [1.54, 1.807) is 12.1 Å². The van der Waals surface area contributed by atoms with Crippen molar-refractivity contribution >= 4 is 53.4 Å². The molecule has 0 atom stereocenters. The highest BCUT2D eigenvalue weighted by molar-refractivity contribution is 7.91. The van der Waals surface area contributed by atoms with Crippen molar-refractivity contribution in [3.8, 4) is 17.4 Å². The van der Waals surface area contributed by atoms with E-state index in [2.05, 4.69) is 88.0 Å². The van der Waals surface area contributed by atoms with Gasteiger partial charge in [-0.15, -0.1) is 0 Å². The topological polar surface area (TPSA) is 67.8 Å². The lowest BCUT2D eigenvalue weighted by atomic mass is 10.1. The zero-order valence-electron chi connectivity index (χ0n) is 22.8. The fourth-order valence-corrected chi connectivity index (χ4v) is 7.49. The molecule has 0 aliphatic carbocycles. The average molecular weight is 574 g/mol. The molecule has 6 aromatic carbocycles. The molecule has 0 N–H and O–H groups in total. The molecule has 2 aromatic heterocycles. The van der Waals surface area contributed by atoms with Crippen molar-refractivity contribution < 1.29 is 8.42 Å². The maximum absolute atomic E-state index is 13.4. The number of nitriles is 1. The molecule has 5 nitrogen and oxygen atoms in total. The SMILES string of the molecule is N#Cc1ccc(S(=O)(=O)c2ccc(-n3c4ccccc4c4ccc5c6ccccc6n(-c6ccccc6)c5c43)cc2)cc1. The first kappa shape index (κ1) is 25.1. The summed E-state index contributed by atoms with van der Waals surface area (Å²) in [6.45, 7) is 0. The minimum absolute atomic E-state index is 0.158. The summed E-state index contributed by atoms with van der Waals surface area (Å²) in [4.78, 5) is 0.357. The highest BCUT2D eigenvalue weighted by atomic mass is 32.2. The molecule has 6 heteroatoms. The van der Waals surface area contributed by atoms with Crippen LogP contribution < -0.4 is 0 Å². The van der Waals surface area contributed by atoms with E-state index in [1.165, 1.54) is 29.7 Å². The van der Waals surface area contributed by atoms with Crippen LogP contribution in [0.3, 0.4) is 0 Å².